The SMILES string of the molecule is Cc1cccc(C)c1-c1ccc2c(c1)c1ccccc1n2-c1ccc2oc3ccc(-c4ccc5c(c4)c4cc(-c6c(C)cccc6C)ccc4n5-c4ccccc4)cc3c2c1. The van der Waals surface area contributed by atoms with Gasteiger partial charge in [-0.3, -0.25) is 0 Å². The zero-order valence-corrected chi connectivity index (χ0v) is 34.6. The number of benzene rings is 9. The van der Waals surface area contributed by atoms with E-state index < -0.39 is 0 Å². The maximum Gasteiger partial charge on any atom is 0.135 e. The summed E-state index contributed by atoms with van der Waals surface area (Å²) in [6, 6.07) is 66.8. The zero-order chi connectivity index (χ0) is 40.9. The van der Waals surface area contributed by atoms with Crippen LogP contribution in [-0.2, 0) is 0 Å². The van der Waals surface area contributed by atoms with E-state index in [4.69, 9.17) is 4.42 Å². The first-order valence-corrected chi connectivity index (χ1v) is 21.2. The van der Waals surface area contributed by atoms with E-state index >= 15 is 0 Å². The number of fused-ring (bicyclic) bond motifs is 9. The molecule has 0 atom stereocenters. The summed E-state index contributed by atoms with van der Waals surface area (Å²) in [5.74, 6) is 0. The van der Waals surface area contributed by atoms with Crippen LogP contribution in [0, 0.1) is 27.7 Å². The molecule has 9 aromatic carbocycles. The molecule has 0 N–H and O–H groups in total. The average molecular weight is 783 g/mol. The monoisotopic (exact) mass is 782 g/mol. The van der Waals surface area contributed by atoms with Crippen LogP contribution in [0.5, 0.6) is 0 Å². The summed E-state index contributed by atoms with van der Waals surface area (Å²) in [7, 11) is 0. The fraction of sp³-hybridized carbons (Fsp3) is 0.0690. The minimum atomic E-state index is 0.884. The standard InChI is InChI=1S/C58H42N2O/c1-35-12-10-13-36(2)57(35)41-21-26-52-46(32-41)45-18-8-9-19-51(45)60(52)44-24-29-56-50(34-44)49-31-40(23-28-55(49)61-56)39-20-25-53-47(30-39)48-33-42(58-37(3)14-11-15-38(58)4)22-27-54(48)59(53)43-16-6-5-7-17-43/h5-34H,1-4H3. The van der Waals surface area contributed by atoms with Crippen LogP contribution >= 0.6 is 0 Å². The summed E-state index contributed by atoms with van der Waals surface area (Å²) >= 11 is 0. The molecule has 0 amide bonds. The van der Waals surface area contributed by atoms with Crippen molar-refractivity contribution in [2.24, 2.45) is 0 Å². The van der Waals surface area contributed by atoms with Gasteiger partial charge in [0.25, 0.3) is 0 Å². The molecule has 0 aliphatic heterocycles. The lowest BCUT2D eigenvalue weighted by Crippen LogP contribution is -1.94. The Balaban J connectivity index is 1.02. The molecular weight excluding hydrogens is 741 g/mol. The first-order valence-electron chi connectivity index (χ1n) is 21.2. The smallest absolute Gasteiger partial charge is 0.135 e. The van der Waals surface area contributed by atoms with E-state index in [-0.39, 0.29) is 0 Å². The summed E-state index contributed by atoms with van der Waals surface area (Å²) < 4.78 is 11.3. The molecule has 290 valence electrons. The van der Waals surface area contributed by atoms with Gasteiger partial charge in [-0.25, -0.2) is 0 Å². The second-order valence-corrected chi connectivity index (χ2v) is 16.7. The minimum absolute atomic E-state index is 0.884. The number of hydrogen-bond donors (Lipinski definition) is 0. The summed E-state index contributed by atoms with van der Waals surface area (Å²) in [4.78, 5) is 0. The molecule has 0 radical (unpaired) electrons. The highest BCUT2D eigenvalue weighted by molar-refractivity contribution is 6.14. The van der Waals surface area contributed by atoms with Crippen LogP contribution in [0.1, 0.15) is 22.3 Å². The molecule has 0 fully saturated rings. The Morgan fingerprint density at radius 2 is 0.721 bits per heavy atom. The van der Waals surface area contributed by atoms with Gasteiger partial charge in [-0.2, -0.15) is 0 Å². The number of nitrogens with zero attached hydrogens (tertiary/aromatic N) is 2. The first-order chi connectivity index (χ1) is 29.9. The van der Waals surface area contributed by atoms with Gasteiger partial charge in [-0.15, -0.1) is 0 Å². The molecule has 3 heteroatoms. The number of aromatic nitrogens is 2. The molecule has 0 aliphatic carbocycles. The highest BCUT2D eigenvalue weighted by Crippen LogP contribution is 2.41. The Bertz CT molecular complexity index is 3700. The van der Waals surface area contributed by atoms with Crippen LogP contribution < -0.4 is 0 Å². The van der Waals surface area contributed by atoms with Crippen LogP contribution in [-0.4, -0.2) is 9.13 Å². The van der Waals surface area contributed by atoms with Gasteiger partial charge in [0.05, 0.1) is 22.1 Å². The van der Waals surface area contributed by atoms with Gasteiger partial charge in [0.1, 0.15) is 11.2 Å². The molecule has 0 saturated heterocycles. The molecule has 0 unspecified atom stereocenters. The molecule has 0 bridgehead atoms. The number of hydrogen-bond acceptors (Lipinski definition) is 1. The maximum absolute atomic E-state index is 6.52. The van der Waals surface area contributed by atoms with Gasteiger partial charge in [-0.1, -0.05) is 97.1 Å². The predicted molar refractivity (Wildman–Crippen MR) is 258 cm³/mol. The molecule has 61 heavy (non-hydrogen) atoms. The van der Waals surface area contributed by atoms with Crippen molar-refractivity contribution in [1.82, 2.24) is 9.13 Å². The molecular formula is C58H42N2O. The van der Waals surface area contributed by atoms with Gasteiger partial charge in [-0.05, 0) is 168 Å². The van der Waals surface area contributed by atoms with Crippen LogP contribution in [0.25, 0.3) is 110 Å². The largest absolute Gasteiger partial charge is 0.456 e. The lowest BCUT2D eigenvalue weighted by atomic mass is 9.94. The summed E-state index contributed by atoms with van der Waals surface area (Å²) in [6.45, 7) is 8.83. The fourth-order valence-corrected chi connectivity index (χ4v) is 10.2. The van der Waals surface area contributed by atoms with Crippen molar-refractivity contribution in [2.45, 2.75) is 27.7 Å². The third-order valence-corrected chi connectivity index (χ3v) is 13.0. The van der Waals surface area contributed by atoms with Crippen molar-refractivity contribution >= 4 is 65.6 Å². The molecule has 0 saturated carbocycles. The van der Waals surface area contributed by atoms with Crippen molar-refractivity contribution in [1.29, 1.82) is 0 Å². The maximum atomic E-state index is 6.52. The van der Waals surface area contributed by atoms with E-state index in [9.17, 15) is 0 Å². The minimum Gasteiger partial charge on any atom is -0.456 e. The Labute approximate surface area is 354 Å². The third-order valence-electron chi connectivity index (χ3n) is 13.0. The lowest BCUT2D eigenvalue weighted by molar-refractivity contribution is 0.669. The van der Waals surface area contributed by atoms with Crippen molar-refractivity contribution in [2.75, 3.05) is 0 Å². The van der Waals surface area contributed by atoms with Crippen LogP contribution in [0.4, 0.5) is 0 Å². The van der Waals surface area contributed by atoms with E-state index in [0.717, 1.165) is 38.9 Å². The summed E-state index contributed by atoms with van der Waals surface area (Å²) in [6.07, 6.45) is 0. The first kappa shape index (κ1) is 35.3. The Hall–Kier alpha value is -7.62. The van der Waals surface area contributed by atoms with E-state index in [0.29, 0.717) is 0 Å². The Morgan fingerprint density at radius 1 is 0.295 bits per heavy atom. The summed E-state index contributed by atoms with van der Waals surface area (Å²) in [5.41, 5.74) is 21.4. The normalized spacial score (nSPS) is 11.9. The number of furan rings is 1. The second-order valence-electron chi connectivity index (χ2n) is 16.7. The molecule has 0 spiro atoms. The van der Waals surface area contributed by atoms with Crippen LogP contribution in [0.15, 0.2) is 186 Å². The third kappa shape index (κ3) is 5.44. The molecule has 3 nitrogen and oxygen atoms in total. The Kier molecular flexibility index (Phi) is 7.79. The lowest BCUT2D eigenvalue weighted by Gasteiger charge is -2.11. The molecule has 0 aliphatic rings. The van der Waals surface area contributed by atoms with E-state index in [2.05, 4.69) is 219 Å². The molecule has 3 aromatic heterocycles. The molecule has 12 aromatic rings. The summed E-state index contributed by atoms with van der Waals surface area (Å²) in [5, 5.41) is 7.18. The van der Waals surface area contributed by atoms with E-state index in [1.165, 1.54) is 93.7 Å². The van der Waals surface area contributed by atoms with E-state index in [1.54, 1.807) is 0 Å². The van der Waals surface area contributed by atoms with Gasteiger partial charge < -0.3 is 13.6 Å². The average Bonchev–Trinajstić information content (AvgIpc) is 3.93. The zero-order valence-electron chi connectivity index (χ0n) is 34.6. The quantitative estimate of drug-likeness (QED) is 0.171. The van der Waals surface area contributed by atoms with Crippen LogP contribution in [0.2, 0.25) is 0 Å². The van der Waals surface area contributed by atoms with Crippen molar-refractivity contribution in [3.05, 3.63) is 204 Å². The Morgan fingerprint density at radius 3 is 1.33 bits per heavy atom. The second kappa shape index (κ2) is 13.5. The molecule has 3 heterocycles. The fourth-order valence-electron chi connectivity index (χ4n) is 10.2. The van der Waals surface area contributed by atoms with E-state index in [1.807, 2.05) is 0 Å². The van der Waals surface area contributed by atoms with Crippen LogP contribution in [0.3, 0.4) is 0 Å². The van der Waals surface area contributed by atoms with Crippen molar-refractivity contribution in [3.8, 4) is 44.8 Å². The number of rotatable bonds is 5. The van der Waals surface area contributed by atoms with Crippen molar-refractivity contribution in [3.63, 3.8) is 0 Å². The number of aryl methyl sites for hydroxylation is 4. The highest BCUT2D eigenvalue weighted by atomic mass is 16.3. The van der Waals surface area contributed by atoms with Crippen molar-refractivity contribution < 1.29 is 4.42 Å². The number of para-hydroxylation sites is 2. The molecule has 12 rings (SSSR count). The highest BCUT2D eigenvalue weighted by Gasteiger charge is 2.19. The predicted octanol–water partition coefficient (Wildman–Crippen LogP) is 16.0. The van der Waals surface area contributed by atoms with Gasteiger partial charge in [0.15, 0.2) is 0 Å². The van der Waals surface area contributed by atoms with Gasteiger partial charge in [0.2, 0.25) is 0 Å². The van der Waals surface area contributed by atoms with Gasteiger partial charge >= 0.3 is 0 Å². The van der Waals surface area contributed by atoms with Gasteiger partial charge in [0, 0.05) is 43.7 Å². The topological polar surface area (TPSA) is 23.0 Å².